The van der Waals surface area contributed by atoms with E-state index in [1.54, 1.807) is 16.8 Å². The maximum Gasteiger partial charge on any atom is 0.267 e. The number of carbonyl (C=O) groups excluding carboxylic acids is 1. The second kappa shape index (κ2) is 6.98. The minimum absolute atomic E-state index is 0.165. The quantitative estimate of drug-likeness (QED) is 0.597. The van der Waals surface area contributed by atoms with Crippen LogP contribution in [0.2, 0.25) is 0 Å². The summed E-state index contributed by atoms with van der Waals surface area (Å²) in [4.78, 5) is 12.8. The van der Waals surface area contributed by atoms with Gasteiger partial charge in [-0.15, -0.1) is 11.3 Å². The van der Waals surface area contributed by atoms with Crippen LogP contribution in [0.15, 0.2) is 50.9 Å². The highest BCUT2D eigenvalue weighted by atomic mass is 79.9. The monoisotopic (exact) mass is 453 g/mol. The fourth-order valence-electron chi connectivity index (χ4n) is 2.03. The van der Waals surface area contributed by atoms with Gasteiger partial charge >= 0.3 is 0 Å². The molecule has 0 bridgehead atoms. The zero-order chi connectivity index (χ0) is 16.4. The summed E-state index contributed by atoms with van der Waals surface area (Å²) in [6.07, 6.45) is 1.86. The van der Waals surface area contributed by atoms with E-state index in [0.717, 1.165) is 8.26 Å². The molecule has 0 aliphatic heterocycles. The van der Waals surface area contributed by atoms with E-state index in [2.05, 4.69) is 73.5 Å². The van der Waals surface area contributed by atoms with Crippen LogP contribution in [0.3, 0.4) is 0 Å². The molecular formula is C16H13Br2N3OS. The molecule has 4 nitrogen and oxygen atoms in total. The molecule has 0 atom stereocenters. The number of hydrogen-bond donors (Lipinski definition) is 1. The number of halogens is 2. The van der Waals surface area contributed by atoms with Gasteiger partial charge in [-0.1, -0.05) is 29.8 Å². The van der Waals surface area contributed by atoms with Gasteiger partial charge in [0.1, 0.15) is 0 Å². The van der Waals surface area contributed by atoms with E-state index >= 15 is 0 Å². The minimum atomic E-state index is -0.165. The third kappa shape index (κ3) is 4.10. The lowest BCUT2D eigenvalue weighted by atomic mass is 10.1. The Morgan fingerprint density at radius 2 is 2.00 bits per heavy atom. The van der Waals surface area contributed by atoms with E-state index in [1.165, 1.54) is 22.5 Å². The van der Waals surface area contributed by atoms with Gasteiger partial charge in [0.25, 0.3) is 5.91 Å². The van der Waals surface area contributed by atoms with Crippen LogP contribution in [0.25, 0.3) is 0 Å². The van der Waals surface area contributed by atoms with Gasteiger partial charge in [0.2, 0.25) is 0 Å². The predicted molar refractivity (Wildman–Crippen MR) is 100 cm³/mol. The van der Waals surface area contributed by atoms with Gasteiger partial charge in [-0.2, -0.15) is 5.10 Å². The van der Waals surface area contributed by atoms with Crippen molar-refractivity contribution in [2.75, 3.05) is 5.32 Å². The van der Waals surface area contributed by atoms with Crippen molar-refractivity contribution in [1.82, 2.24) is 9.78 Å². The number of carbonyl (C=O) groups is 1. The van der Waals surface area contributed by atoms with Gasteiger partial charge in [0.05, 0.1) is 15.2 Å². The lowest BCUT2D eigenvalue weighted by Gasteiger charge is -2.03. The van der Waals surface area contributed by atoms with Crippen molar-refractivity contribution in [3.63, 3.8) is 0 Å². The average Bonchev–Trinajstić information content (AvgIpc) is 3.09. The number of hydrogen-bond acceptors (Lipinski definition) is 3. The largest absolute Gasteiger partial charge is 0.304 e. The van der Waals surface area contributed by atoms with Gasteiger partial charge in [0.15, 0.2) is 5.82 Å². The van der Waals surface area contributed by atoms with E-state index in [9.17, 15) is 4.79 Å². The molecule has 0 saturated carbocycles. The maximum absolute atomic E-state index is 12.2. The van der Waals surface area contributed by atoms with E-state index in [1.807, 2.05) is 6.20 Å². The zero-order valence-electron chi connectivity index (χ0n) is 12.2. The Labute approximate surface area is 154 Å². The van der Waals surface area contributed by atoms with Gasteiger partial charge in [-0.3, -0.25) is 9.48 Å². The molecule has 1 amide bonds. The first-order chi connectivity index (χ1) is 11.0. The lowest BCUT2D eigenvalue weighted by Crippen LogP contribution is -2.11. The van der Waals surface area contributed by atoms with Crippen LogP contribution in [-0.2, 0) is 6.54 Å². The van der Waals surface area contributed by atoms with Crippen LogP contribution in [0.1, 0.15) is 20.8 Å². The molecule has 0 saturated heterocycles. The normalized spacial score (nSPS) is 10.7. The number of thiophene rings is 1. The van der Waals surface area contributed by atoms with E-state index in [4.69, 9.17) is 0 Å². The van der Waals surface area contributed by atoms with E-state index in [-0.39, 0.29) is 5.91 Å². The summed E-state index contributed by atoms with van der Waals surface area (Å²) in [5, 5.41) is 7.20. The Morgan fingerprint density at radius 3 is 2.65 bits per heavy atom. The molecule has 2 heterocycles. The molecule has 0 aliphatic carbocycles. The molecule has 1 aromatic carbocycles. The maximum atomic E-state index is 12.2. The summed E-state index contributed by atoms with van der Waals surface area (Å²) >= 11 is 8.14. The lowest BCUT2D eigenvalue weighted by molar-refractivity contribution is 0.103. The van der Waals surface area contributed by atoms with Crippen LogP contribution < -0.4 is 5.32 Å². The number of nitrogens with one attached hydrogen (secondary N) is 1. The molecule has 23 heavy (non-hydrogen) atoms. The van der Waals surface area contributed by atoms with Crippen molar-refractivity contribution >= 4 is 54.9 Å². The topological polar surface area (TPSA) is 46.9 Å². The average molecular weight is 455 g/mol. The number of aryl methyl sites for hydroxylation is 1. The molecule has 0 unspecified atom stereocenters. The molecule has 7 heteroatoms. The second-order valence-corrected chi connectivity index (χ2v) is 8.30. The summed E-state index contributed by atoms with van der Waals surface area (Å²) in [6.45, 7) is 2.73. The summed E-state index contributed by atoms with van der Waals surface area (Å²) in [7, 11) is 0. The van der Waals surface area contributed by atoms with Crippen LogP contribution >= 0.6 is 43.2 Å². The van der Waals surface area contributed by atoms with Crippen LogP contribution in [0.4, 0.5) is 5.82 Å². The Balaban J connectivity index is 1.67. The molecule has 3 aromatic rings. The van der Waals surface area contributed by atoms with E-state index < -0.39 is 0 Å². The molecule has 0 spiro atoms. The van der Waals surface area contributed by atoms with Crippen molar-refractivity contribution in [3.8, 4) is 0 Å². The highest BCUT2D eigenvalue weighted by Crippen LogP contribution is 2.32. The number of nitrogens with zero attached hydrogens (tertiary/aromatic N) is 2. The first kappa shape index (κ1) is 16.4. The molecule has 0 radical (unpaired) electrons. The molecule has 1 N–H and O–H groups in total. The fourth-order valence-corrected chi connectivity index (χ4v) is 3.96. The van der Waals surface area contributed by atoms with Crippen molar-refractivity contribution < 1.29 is 4.79 Å². The van der Waals surface area contributed by atoms with E-state index in [0.29, 0.717) is 17.2 Å². The van der Waals surface area contributed by atoms with Crippen molar-refractivity contribution in [2.24, 2.45) is 0 Å². The number of rotatable bonds is 4. The third-order valence-electron chi connectivity index (χ3n) is 3.22. The molecule has 3 rings (SSSR count). The number of amides is 1. The first-order valence-corrected chi connectivity index (χ1v) is 9.27. The predicted octanol–water partition coefficient (Wildman–Crippen LogP) is 5.08. The number of anilines is 1. The Hall–Kier alpha value is -1.44. The third-order valence-corrected chi connectivity index (χ3v) is 6.47. The highest BCUT2D eigenvalue weighted by Gasteiger charge is 2.13. The van der Waals surface area contributed by atoms with Crippen LogP contribution in [0, 0.1) is 6.92 Å². The van der Waals surface area contributed by atoms with Gasteiger partial charge in [-0.25, -0.2) is 0 Å². The summed E-state index contributed by atoms with van der Waals surface area (Å²) in [6, 6.07) is 11.9. The zero-order valence-corrected chi connectivity index (χ0v) is 16.2. The van der Waals surface area contributed by atoms with Gasteiger partial charge < -0.3 is 5.32 Å². The fraction of sp³-hybridized carbons (Fsp3) is 0.125. The minimum Gasteiger partial charge on any atom is -0.304 e. The van der Waals surface area contributed by atoms with Crippen LogP contribution in [0.5, 0.6) is 0 Å². The number of benzene rings is 1. The van der Waals surface area contributed by atoms with Crippen molar-refractivity contribution in [2.45, 2.75) is 13.5 Å². The summed E-state index contributed by atoms with van der Waals surface area (Å²) < 4.78 is 3.57. The Morgan fingerprint density at radius 1 is 1.26 bits per heavy atom. The SMILES string of the molecule is Cc1ccc(Cn2ccc(NC(=O)c3cc(Br)c(Br)s3)n2)cc1. The highest BCUT2D eigenvalue weighted by molar-refractivity contribution is 9.13. The molecular weight excluding hydrogens is 442 g/mol. The Bertz CT molecular complexity index is 820. The molecule has 2 aromatic heterocycles. The second-order valence-electron chi connectivity index (χ2n) is 5.07. The summed E-state index contributed by atoms with van der Waals surface area (Å²) in [5.41, 5.74) is 2.40. The van der Waals surface area contributed by atoms with Gasteiger partial charge in [-0.05, 0) is 50.4 Å². The summed E-state index contributed by atoms with van der Waals surface area (Å²) in [5.74, 6) is 0.379. The van der Waals surface area contributed by atoms with Crippen molar-refractivity contribution in [1.29, 1.82) is 0 Å². The Kier molecular flexibility index (Phi) is 4.99. The number of aromatic nitrogens is 2. The van der Waals surface area contributed by atoms with Gasteiger partial charge in [0, 0.05) is 16.7 Å². The molecule has 118 valence electrons. The van der Waals surface area contributed by atoms with Crippen molar-refractivity contribution in [3.05, 3.63) is 66.9 Å². The molecule has 0 fully saturated rings. The first-order valence-electron chi connectivity index (χ1n) is 6.86. The van der Waals surface area contributed by atoms with Crippen LogP contribution in [-0.4, -0.2) is 15.7 Å². The standard InChI is InChI=1S/C16H13Br2N3OS/c1-10-2-4-11(5-3-10)9-21-7-6-14(20-21)19-16(22)13-8-12(17)15(18)23-13/h2-8H,9H2,1H3,(H,19,20,22). The smallest absolute Gasteiger partial charge is 0.267 e. The molecule has 0 aliphatic rings.